The van der Waals surface area contributed by atoms with Crippen LogP contribution in [0.25, 0.3) is 10.9 Å². The monoisotopic (exact) mass is 442 g/mol. The Bertz CT molecular complexity index is 1380. The van der Waals surface area contributed by atoms with E-state index in [0.29, 0.717) is 28.0 Å². The van der Waals surface area contributed by atoms with Crippen LogP contribution >= 0.6 is 0 Å². The molecule has 0 radical (unpaired) electrons. The molecule has 4 aromatic rings. The first-order valence-electron chi connectivity index (χ1n) is 10.2. The number of carbonyl (C=O) groups is 1. The fourth-order valence-corrected chi connectivity index (χ4v) is 3.39. The van der Waals surface area contributed by atoms with Crippen molar-refractivity contribution in [3.8, 4) is 11.5 Å². The largest absolute Gasteiger partial charge is 0.497 e. The summed E-state index contributed by atoms with van der Waals surface area (Å²) in [6.45, 7) is 0.205. The van der Waals surface area contributed by atoms with Crippen molar-refractivity contribution in [2.45, 2.75) is 6.54 Å². The number of nitrogens with one attached hydrogen (secondary N) is 1. The van der Waals surface area contributed by atoms with Crippen LogP contribution in [-0.4, -0.2) is 35.9 Å². The molecule has 8 heteroatoms. The van der Waals surface area contributed by atoms with Crippen molar-refractivity contribution >= 4 is 23.0 Å². The molecule has 166 valence electrons. The molecule has 0 aliphatic carbocycles. The molecule has 0 saturated carbocycles. The van der Waals surface area contributed by atoms with Gasteiger partial charge in [-0.1, -0.05) is 42.5 Å². The number of nitrogens with zero attached hydrogens (tertiary/aromatic N) is 3. The number of amides is 1. The topological polar surface area (TPSA) is 94.8 Å². The first kappa shape index (κ1) is 21.8. The summed E-state index contributed by atoms with van der Waals surface area (Å²) in [6, 6.07) is 21.6. The fraction of sp³-hybridized carbons (Fsp3) is 0.120. The van der Waals surface area contributed by atoms with E-state index in [-0.39, 0.29) is 17.9 Å². The van der Waals surface area contributed by atoms with Gasteiger partial charge in [-0.25, -0.2) is 10.4 Å². The maximum absolute atomic E-state index is 13.2. The van der Waals surface area contributed by atoms with E-state index in [9.17, 15) is 9.59 Å². The number of benzene rings is 3. The third-order valence-electron chi connectivity index (χ3n) is 5.06. The van der Waals surface area contributed by atoms with Gasteiger partial charge < -0.3 is 9.47 Å². The van der Waals surface area contributed by atoms with Crippen LogP contribution in [0.3, 0.4) is 0 Å². The van der Waals surface area contributed by atoms with Gasteiger partial charge in [0.2, 0.25) is 5.82 Å². The number of fused-ring (bicyclic) bond motifs is 1. The maximum atomic E-state index is 13.2. The second-order valence-electron chi connectivity index (χ2n) is 7.14. The van der Waals surface area contributed by atoms with Gasteiger partial charge in [-0.3, -0.25) is 14.2 Å². The highest BCUT2D eigenvalue weighted by molar-refractivity contribution is 5.94. The Hall–Kier alpha value is -4.46. The molecule has 0 aliphatic rings. The molecule has 1 N–H and O–H groups in total. The number of para-hydroxylation sites is 1. The highest BCUT2D eigenvalue weighted by Crippen LogP contribution is 2.23. The fourth-order valence-electron chi connectivity index (χ4n) is 3.39. The Morgan fingerprint density at radius 2 is 1.79 bits per heavy atom. The first-order valence-corrected chi connectivity index (χ1v) is 10.2. The first-order chi connectivity index (χ1) is 16.1. The van der Waals surface area contributed by atoms with Gasteiger partial charge in [0.05, 0.1) is 37.9 Å². The number of rotatable bonds is 7. The predicted molar refractivity (Wildman–Crippen MR) is 126 cm³/mol. The third-order valence-corrected chi connectivity index (χ3v) is 5.06. The molecule has 1 heterocycles. The van der Waals surface area contributed by atoms with Gasteiger partial charge in [0.15, 0.2) is 0 Å². The number of hydrazone groups is 1. The Morgan fingerprint density at radius 1 is 1.03 bits per heavy atom. The molecule has 0 fully saturated rings. The van der Waals surface area contributed by atoms with Crippen molar-refractivity contribution in [2.75, 3.05) is 14.2 Å². The van der Waals surface area contributed by atoms with E-state index in [1.807, 2.05) is 30.3 Å². The average molecular weight is 442 g/mol. The molecule has 1 aromatic heterocycles. The number of carbonyl (C=O) groups excluding carboxylic acids is 1. The third kappa shape index (κ3) is 4.74. The molecular weight excluding hydrogens is 420 g/mol. The lowest BCUT2D eigenvalue weighted by molar-refractivity contribution is 0.0939. The van der Waals surface area contributed by atoms with Gasteiger partial charge in [0.25, 0.3) is 5.56 Å². The summed E-state index contributed by atoms with van der Waals surface area (Å²) in [5.41, 5.74) is 4.13. The van der Waals surface area contributed by atoms with Gasteiger partial charge in [0.1, 0.15) is 11.5 Å². The van der Waals surface area contributed by atoms with E-state index in [2.05, 4.69) is 15.5 Å². The molecule has 0 bridgehead atoms. The summed E-state index contributed by atoms with van der Waals surface area (Å²) in [4.78, 5) is 30.6. The number of ether oxygens (including phenoxy) is 2. The zero-order chi connectivity index (χ0) is 23.2. The molecule has 4 rings (SSSR count). The van der Waals surface area contributed by atoms with Crippen LogP contribution in [0.2, 0.25) is 0 Å². The van der Waals surface area contributed by atoms with Crippen LogP contribution < -0.4 is 20.5 Å². The molecule has 1 amide bonds. The molecular formula is C25H22N4O4. The van der Waals surface area contributed by atoms with Crippen molar-refractivity contribution in [1.82, 2.24) is 15.0 Å². The summed E-state index contributed by atoms with van der Waals surface area (Å²) in [5, 5.41) is 4.48. The van der Waals surface area contributed by atoms with E-state index in [4.69, 9.17) is 9.47 Å². The lowest BCUT2D eigenvalue weighted by atomic mass is 10.2. The predicted octanol–water partition coefficient (Wildman–Crippen LogP) is 3.23. The van der Waals surface area contributed by atoms with Crippen molar-refractivity contribution in [3.63, 3.8) is 0 Å². The molecule has 0 atom stereocenters. The van der Waals surface area contributed by atoms with E-state index in [0.717, 1.165) is 5.56 Å². The standard InChI is InChI=1S/C25H22N4O4/c1-32-19-13-12-18(22(14-19)33-2)15-26-28-24(30)23-27-21-11-7-6-10-20(21)25(31)29(23)16-17-8-4-3-5-9-17/h3-15H,16H2,1-2H3,(H,28,30)/b26-15-. The van der Waals surface area contributed by atoms with Gasteiger partial charge >= 0.3 is 5.91 Å². The minimum absolute atomic E-state index is 0.0265. The summed E-state index contributed by atoms with van der Waals surface area (Å²) in [5.74, 6) is 0.550. The molecule has 0 aliphatic heterocycles. The highest BCUT2D eigenvalue weighted by Gasteiger charge is 2.17. The number of hydrogen-bond acceptors (Lipinski definition) is 6. The van der Waals surface area contributed by atoms with Gasteiger partial charge in [-0.15, -0.1) is 0 Å². The van der Waals surface area contributed by atoms with E-state index in [1.54, 1.807) is 49.6 Å². The summed E-state index contributed by atoms with van der Waals surface area (Å²) >= 11 is 0. The van der Waals surface area contributed by atoms with Crippen molar-refractivity contribution in [3.05, 3.63) is 100 Å². The van der Waals surface area contributed by atoms with E-state index < -0.39 is 5.91 Å². The smallest absolute Gasteiger partial charge is 0.307 e. The van der Waals surface area contributed by atoms with Crippen molar-refractivity contribution < 1.29 is 14.3 Å². The SMILES string of the molecule is COc1ccc(/C=N\NC(=O)c2nc3ccccc3c(=O)n2Cc2ccccc2)c(OC)c1. The number of methoxy groups -OCH3 is 2. The summed E-state index contributed by atoms with van der Waals surface area (Å²) < 4.78 is 11.9. The minimum atomic E-state index is -0.600. The molecule has 0 saturated heterocycles. The van der Waals surface area contributed by atoms with E-state index in [1.165, 1.54) is 17.9 Å². The van der Waals surface area contributed by atoms with Crippen LogP contribution in [0, 0.1) is 0 Å². The van der Waals surface area contributed by atoms with Gasteiger partial charge in [-0.05, 0) is 29.8 Å². The molecule has 33 heavy (non-hydrogen) atoms. The molecule has 8 nitrogen and oxygen atoms in total. The molecule has 0 unspecified atom stereocenters. The summed E-state index contributed by atoms with van der Waals surface area (Å²) in [6.07, 6.45) is 1.46. The maximum Gasteiger partial charge on any atom is 0.307 e. The van der Waals surface area contributed by atoms with Gasteiger partial charge in [0, 0.05) is 11.6 Å². The van der Waals surface area contributed by atoms with Gasteiger partial charge in [-0.2, -0.15) is 5.10 Å². The highest BCUT2D eigenvalue weighted by atomic mass is 16.5. The van der Waals surface area contributed by atoms with Crippen LogP contribution in [0.5, 0.6) is 11.5 Å². The molecule has 3 aromatic carbocycles. The Labute approximate surface area is 190 Å². The van der Waals surface area contributed by atoms with E-state index >= 15 is 0 Å². The average Bonchev–Trinajstić information content (AvgIpc) is 2.86. The lowest BCUT2D eigenvalue weighted by Crippen LogP contribution is -2.32. The molecule has 0 spiro atoms. The minimum Gasteiger partial charge on any atom is -0.497 e. The normalized spacial score (nSPS) is 11.0. The Balaban J connectivity index is 1.67. The lowest BCUT2D eigenvalue weighted by Gasteiger charge is -2.12. The van der Waals surface area contributed by atoms with Crippen molar-refractivity contribution in [2.24, 2.45) is 5.10 Å². The number of hydrogen-bond donors (Lipinski definition) is 1. The van der Waals surface area contributed by atoms with Crippen LogP contribution in [0.4, 0.5) is 0 Å². The van der Waals surface area contributed by atoms with Crippen LogP contribution in [0.1, 0.15) is 21.7 Å². The summed E-state index contributed by atoms with van der Waals surface area (Å²) in [7, 11) is 3.10. The Morgan fingerprint density at radius 3 is 2.55 bits per heavy atom. The van der Waals surface area contributed by atoms with Crippen LogP contribution in [0.15, 0.2) is 82.7 Å². The van der Waals surface area contributed by atoms with Crippen molar-refractivity contribution in [1.29, 1.82) is 0 Å². The zero-order valence-corrected chi connectivity index (χ0v) is 18.2. The number of aromatic nitrogens is 2. The second kappa shape index (κ2) is 9.78. The van der Waals surface area contributed by atoms with Crippen LogP contribution in [-0.2, 0) is 6.54 Å². The second-order valence-corrected chi connectivity index (χ2v) is 7.14. The Kier molecular flexibility index (Phi) is 6.45. The quantitative estimate of drug-likeness (QED) is 0.350. The zero-order valence-electron chi connectivity index (χ0n) is 18.2.